The van der Waals surface area contributed by atoms with Crippen molar-refractivity contribution in [3.63, 3.8) is 0 Å². The monoisotopic (exact) mass is 261 g/mol. The Hall–Kier alpha value is -0.650. The van der Waals surface area contributed by atoms with E-state index >= 15 is 0 Å². The van der Waals surface area contributed by atoms with Crippen molar-refractivity contribution in [2.45, 2.75) is 38.7 Å². The van der Waals surface area contributed by atoms with Gasteiger partial charge in [-0.05, 0) is 12.8 Å². The fourth-order valence-corrected chi connectivity index (χ4v) is 1.73. The van der Waals surface area contributed by atoms with Crippen LogP contribution in [-0.2, 0) is 14.3 Å². The minimum Gasteiger partial charge on any atom is -0.469 e. The molecule has 1 N–H and O–H groups in total. The second kappa shape index (κ2) is 9.30. The van der Waals surface area contributed by atoms with Crippen LogP contribution in [-0.4, -0.2) is 62.0 Å². The third-order valence-corrected chi connectivity index (χ3v) is 3.31. The van der Waals surface area contributed by atoms with E-state index in [2.05, 4.69) is 4.74 Å². The average molecular weight is 261 g/mol. The highest BCUT2D eigenvalue weighted by Crippen LogP contribution is 2.16. The van der Waals surface area contributed by atoms with E-state index in [1.54, 1.807) is 7.11 Å². The van der Waals surface area contributed by atoms with Gasteiger partial charge in [0.15, 0.2) is 0 Å². The van der Waals surface area contributed by atoms with Gasteiger partial charge in [0.2, 0.25) is 0 Å². The molecule has 0 aliphatic carbocycles. The van der Waals surface area contributed by atoms with Crippen LogP contribution in [0.5, 0.6) is 0 Å². The molecular formula is C13H27NO4. The van der Waals surface area contributed by atoms with Gasteiger partial charge in [0, 0.05) is 26.7 Å². The van der Waals surface area contributed by atoms with Crippen LogP contribution in [0.15, 0.2) is 0 Å². The lowest BCUT2D eigenvalue weighted by Crippen LogP contribution is -2.44. The summed E-state index contributed by atoms with van der Waals surface area (Å²) in [6.07, 6.45) is 1.74. The summed E-state index contributed by atoms with van der Waals surface area (Å²) in [7, 11) is 3.03. The van der Waals surface area contributed by atoms with Crippen LogP contribution in [0.25, 0.3) is 0 Å². The first-order chi connectivity index (χ1) is 8.51. The van der Waals surface area contributed by atoms with Crippen LogP contribution in [0.4, 0.5) is 0 Å². The van der Waals surface area contributed by atoms with E-state index in [1.165, 1.54) is 7.11 Å². The van der Waals surface area contributed by atoms with Crippen molar-refractivity contribution in [2.75, 3.05) is 40.5 Å². The summed E-state index contributed by atoms with van der Waals surface area (Å²) in [4.78, 5) is 13.2. The van der Waals surface area contributed by atoms with Gasteiger partial charge < -0.3 is 14.6 Å². The van der Waals surface area contributed by atoms with E-state index in [9.17, 15) is 9.90 Å². The van der Waals surface area contributed by atoms with E-state index < -0.39 is 5.60 Å². The molecule has 0 aromatic heterocycles. The van der Waals surface area contributed by atoms with Crippen LogP contribution < -0.4 is 0 Å². The highest BCUT2D eigenvalue weighted by atomic mass is 16.5. The molecule has 0 aromatic rings. The van der Waals surface area contributed by atoms with Crippen LogP contribution in [0.2, 0.25) is 0 Å². The lowest BCUT2D eigenvalue weighted by molar-refractivity contribution is -0.141. The molecule has 0 aliphatic rings. The summed E-state index contributed by atoms with van der Waals surface area (Å²) in [5, 5.41) is 10.3. The van der Waals surface area contributed by atoms with E-state index in [0.717, 1.165) is 0 Å². The third kappa shape index (κ3) is 6.93. The molecule has 0 atom stereocenters. The van der Waals surface area contributed by atoms with Crippen LogP contribution in [0, 0.1) is 0 Å². The van der Waals surface area contributed by atoms with Gasteiger partial charge in [-0.2, -0.15) is 0 Å². The summed E-state index contributed by atoms with van der Waals surface area (Å²) in [5.74, 6) is -0.228. The maximum absolute atomic E-state index is 11.2. The number of nitrogens with zero attached hydrogens (tertiary/aromatic N) is 1. The maximum atomic E-state index is 11.2. The molecule has 108 valence electrons. The quantitative estimate of drug-likeness (QED) is 0.596. The van der Waals surface area contributed by atoms with Gasteiger partial charge in [-0.25, -0.2) is 0 Å². The van der Waals surface area contributed by atoms with Crippen molar-refractivity contribution in [1.82, 2.24) is 4.90 Å². The Labute approximate surface area is 110 Å². The Balaban J connectivity index is 4.33. The molecule has 0 saturated carbocycles. The second-order valence-electron chi connectivity index (χ2n) is 4.53. The van der Waals surface area contributed by atoms with E-state index in [4.69, 9.17) is 4.74 Å². The van der Waals surface area contributed by atoms with Crippen molar-refractivity contribution in [3.05, 3.63) is 0 Å². The summed E-state index contributed by atoms with van der Waals surface area (Å²) in [6.45, 7) is 6.37. The lowest BCUT2D eigenvalue weighted by Gasteiger charge is -2.32. The molecule has 0 aromatic carbocycles. The molecule has 0 fully saturated rings. The molecule has 0 unspecified atom stereocenters. The predicted octanol–water partition coefficient (Wildman–Crippen LogP) is 1.05. The number of hydrogen-bond donors (Lipinski definition) is 1. The molecule has 0 rings (SSSR count). The zero-order chi connectivity index (χ0) is 14.0. The van der Waals surface area contributed by atoms with Crippen LogP contribution in [0.1, 0.15) is 33.1 Å². The van der Waals surface area contributed by atoms with Crippen molar-refractivity contribution in [2.24, 2.45) is 0 Å². The van der Waals surface area contributed by atoms with E-state index in [0.29, 0.717) is 45.5 Å². The molecule has 0 radical (unpaired) electrons. The van der Waals surface area contributed by atoms with Gasteiger partial charge in [0.1, 0.15) is 0 Å². The molecule has 0 saturated heterocycles. The molecule has 5 heteroatoms. The van der Waals surface area contributed by atoms with Crippen molar-refractivity contribution in [1.29, 1.82) is 0 Å². The number of aliphatic hydroxyl groups is 1. The molecular weight excluding hydrogens is 234 g/mol. The van der Waals surface area contributed by atoms with Gasteiger partial charge in [-0.15, -0.1) is 0 Å². The third-order valence-electron chi connectivity index (χ3n) is 3.31. The van der Waals surface area contributed by atoms with Crippen LogP contribution in [0.3, 0.4) is 0 Å². The number of ether oxygens (including phenoxy) is 2. The normalized spacial score (nSPS) is 11.9. The van der Waals surface area contributed by atoms with Gasteiger partial charge >= 0.3 is 5.97 Å². The smallest absolute Gasteiger partial charge is 0.306 e. The van der Waals surface area contributed by atoms with Crippen LogP contribution >= 0.6 is 0 Å². The minimum absolute atomic E-state index is 0.228. The van der Waals surface area contributed by atoms with Crippen molar-refractivity contribution in [3.8, 4) is 0 Å². The van der Waals surface area contributed by atoms with Gasteiger partial charge in [0.05, 0.1) is 25.7 Å². The van der Waals surface area contributed by atoms with Crippen molar-refractivity contribution >= 4 is 5.97 Å². The highest BCUT2D eigenvalue weighted by molar-refractivity contribution is 5.69. The first kappa shape index (κ1) is 17.4. The number of esters is 1. The topological polar surface area (TPSA) is 59.0 Å². The zero-order valence-electron chi connectivity index (χ0n) is 12.1. The Morgan fingerprint density at radius 1 is 1.22 bits per heavy atom. The highest BCUT2D eigenvalue weighted by Gasteiger charge is 2.25. The summed E-state index contributed by atoms with van der Waals surface area (Å²) in [6, 6.07) is 0. The Bertz CT molecular complexity index is 229. The number of hydrogen-bond acceptors (Lipinski definition) is 5. The Morgan fingerprint density at radius 2 is 1.83 bits per heavy atom. The Kier molecular flexibility index (Phi) is 8.97. The summed E-state index contributed by atoms with van der Waals surface area (Å²) >= 11 is 0. The molecule has 5 nitrogen and oxygen atoms in total. The second-order valence-corrected chi connectivity index (χ2v) is 4.53. The molecule has 0 aliphatic heterocycles. The number of methoxy groups -OCH3 is 2. The standard InChI is InChI=1S/C13H27NO4/c1-5-13(16,6-2)11-14(9-10-17-3)8-7-12(15)18-4/h16H,5-11H2,1-4H3. The molecule has 0 amide bonds. The average Bonchev–Trinajstić information content (AvgIpc) is 2.41. The number of rotatable bonds is 10. The summed E-state index contributed by atoms with van der Waals surface area (Å²) in [5.41, 5.74) is -0.691. The number of carbonyl (C=O) groups is 1. The fourth-order valence-electron chi connectivity index (χ4n) is 1.73. The molecule has 0 bridgehead atoms. The largest absolute Gasteiger partial charge is 0.469 e. The van der Waals surface area contributed by atoms with Gasteiger partial charge in [-0.3, -0.25) is 9.69 Å². The zero-order valence-corrected chi connectivity index (χ0v) is 12.1. The lowest BCUT2D eigenvalue weighted by atomic mass is 9.96. The minimum atomic E-state index is -0.691. The molecule has 0 spiro atoms. The number of carbonyl (C=O) groups excluding carboxylic acids is 1. The molecule has 18 heavy (non-hydrogen) atoms. The Morgan fingerprint density at radius 3 is 2.28 bits per heavy atom. The fraction of sp³-hybridized carbons (Fsp3) is 0.923. The van der Waals surface area contributed by atoms with Gasteiger partial charge in [-0.1, -0.05) is 13.8 Å². The predicted molar refractivity (Wildman–Crippen MR) is 70.5 cm³/mol. The first-order valence-electron chi connectivity index (χ1n) is 6.51. The summed E-state index contributed by atoms with van der Waals surface area (Å²) < 4.78 is 9.68. The van der Waals surface area contributed by atoms with E-state index in [-0.39, 0.29) is 5.97 Å². The van der Waals surface area contributed by atoms with E-state index in [1.807, 2.05) is 18.7 Å². The maximum Gasteiger partial charge on any atom is 0.306 e. The van der Waals surface area contributed by atoms with Gasteiger partial charge in [0.25, 0.3) is 0 Å². The first-order valence-corrected chi connectivity index (χ1v) is 6.51. The molecule has 0 heterocycles. The van der Waals surface area contributed by atoms with Crippen molar-refractivity contribution < 1.29 is 19.4 Å². The SMILES string of the molecule is CCC(O)(CC)CN(CCOC)CCC(=O)OC.